The van der Waals surface area contributed by atoms with Crippen LogP contribution in [0.3, 0.4) is 0 Å². The summed E-state index contributed by atoms with van der Waals surface area (Å²) in [6.07, 6.45) is 3.28. The number of nitrogens with zero attached hydrogens (tertiary/aromatic N) is 2. The molecule has 0 saturated heterocycles. The highest BCUT2D eigenvalue weighted by Crippen LogP contribution is 2.27. The van der Waals surface area contributed by atoms with Gasteiger partial charge in [0.2, 0.25) is 0 Å². The molecular formula is C13H17N3OS. The fourth-order valence-corrected chi connectivity index (χ4v) is 2.98. The van der Waals surface area contributed by atoms with Gasteiger partial charge in [0.05, 0.1) is 6.04 Å². The molecule has 0 aromatic carbocycles. The van der Waals surface area contributed by atoms with Crippen LogP contribution in [0.15, 0.2) is 23.3 Å². The maximum absolute atomic E-state index is 11.9. The van der Waals surface area contributed by atoms with E-state index in [2.05, 4.69) is 30.2 Å². The highest BCUT2D eigenvalue weighted by Gasteiger charge is 2.13. The zero-order valence-electron chi connectivity index (χ0n) is 11.0. The Bertz CT molecular complexity index is 615. The van der Waals surface area contributed by atoms with Crippen molar-refractivity contribution in [3.8, 4) is 0 Å². The van der Waals surface area contributed by atoms with Crippen LogP contribution in [0, 0.1) is 13.8 Å². The third kappa shape index (κ3) is 2.46. The number of anilines is 1. The molecule has 0 radical (unpaired) electrons. The summed E-state index contributed by atoms with van der Waals surface area (Å²) in [5.41, 5.74) is 1.12. The molecule has 0 aliphatic heterocycles. The maximum Gasteiger partial charge on any atom is 0.293 e. The van der Waals surface area contributed by atoms with E-state index in [4.69, 9.17) is 0 Å². The Morgan fingerprint density at radius 1 is 1.44 bits per heavy atom. The molecule has 0 aliphatic rings. The molecule has 0 saturated carbocycles. The number of aromatic nitrogens is 2. The minimum atomic E-state index is -0.103. The molecule has 0 amide bonds. The molecule has 2 aromatic rings. The van der Waals surface area contributed by atoms with Crippen molar-refractivity contribution < 1.29 is 0 Å². The summed E-state index contributed by atoms with van der Waals surface area (Å²) < 4.78 is 1.52. The minimum absolute atomic E-state index is 0.0811. The number of aryl methyl sites for hydroxylation is 3. The van der Waals surface area contributed by atoms with Crippen LogP contribution in [0.25, 0.3) is 0 Å². The van der Waals surface area contributed by atoms with Crippen LogP contribution in [-0.4, -0.2) is 9.55 Å². The molecular weight excluding hydrogens is 246 g/mol. The van der Waals surface area contributed by atoms with Crippen LogP contribution < -0.4 is 10.9 Å². The largest absolute Gasteiger partial charge is 0.359 e. The van der Waals surface area contributed by atoms with E-state index in [9.17, 15) is 4.79 Å². The van der Waals surface area contributed by atoms with Crippen LogP contribution in [0.4, 0.5) is 5.82 Å². The molecule has 4 nitrogen and oxygen atoms in total. The van der Waals surface area contributed by atoms with Gasteiger partial charge >= 0.3 is 0 Å². The van der Waals surface area contributed by atoms with Crippen molar-refractivity contribution in [2.24, 2.45) is 7.05 Å². The highest BCUT2D eigenvalue weighted by molar-refractivity contribution is 7.12. The first-order valence-corrected chi connectivity index (χ1v) is 6.66. The molecule has 18 heavy (non-hydrogen) atoms. The van der Waals surface area contributed by atoms with Crippen molar-refractivity contribution in [2.45, 2.75) is 26.8 Å². The van der Waals surface area contributed by atoms with Gasteiger partial charge in [0, 0.05) is 29.2 Å². The Hall–Kier alpha value is -1.62. The summed E-state index contributed by atoms with van der Waals surface area (Å²) in [7, 11) is 1.72. The third-order valence-corrected chi connectivity index (χ3v) is 3.90. The standard InChI is InChI=1S/C13H17N3OS/c1-8-7-11(10(3)18-8)9(2)15-12-13(17)16(4)6-5-14-12/h5-7,9H,1-4H3,(H,14,15). The fraction of sp³-hybridized carbons (Fsp3) is 0.385. The van der Waals surface area contributed by atoms with Crippen molar-refractivity contribution in [1.29, 1.82) is 0 Å². The normalized spacial score (nSPS) is 12.4. The smallest absolute Gasteiger partial charge is 0.293 e. The number of hydrogen-bond acceptors (Lipinski definition) is 4. The van der Waals surface area contributed by atoms with Gasteiger partial charge in [0.25, 0.3) is 5.56 Å². The highest BCUT2D eigenvalue weighted by atomic mass is 32.1. The van der Waals surface area contributed by atoms with E-state index in [1.807, 2.05) is 6.92 Å². The lowest BCUT2D eigenvalue weighted by Crippen LogP contribution is -2.23. The lowest BCUT2D eigenvalue weighted by Gasteiger charge is -2.14. The lowest BCUT2D eigenvalue weighted by atomic mass is 10.1. The third-order valence-electron chi connectivity index (χ3n) is 2.92. The molecule has 0 spiro atoms. The van der Waals surface area contributed by atoms with Gasteiger partial charge in [-0.15, -0.1) is 11.3 Å². The van der Waals surface area contributed by atoms with E-state index in [0.717, 1.165) is 0 Å². The first kappa shape index (κ1) is 12.8. The summed E-state index contributed by atoms with van der Waals surface area (Å²) in [5, 5.41) is 3.18. The molecule has 0 aliphatic carbocycles. The van der Waals surface area contributed by atoms with E-state index >= 15 is 0 Å². The second-order valence-corrected chi connectivity index (χ2v) is 5.89. The molecule has 0 bridgehead atoms. The first-order valence-electron chi connectivity index (χ1n) is 5.84. The number of nitrogens with one attached hydrogen (secondary N) is 1. The second kappa shape index (κ2) is 4.94. The van der Waals surface area contributed by atoms with Crippen LogP contribution in [0.2, 0.25) is 0 Å². The molecule has 2 aromatic heterocycles. The van der Waals surface area contributed by atoms with Gasteiger partial charge < -0.3 is 9.88 Å². The van der Waals surface area contributed by atoms with Gasteiger partial charge in [-0.1, -0.05) is 0 Å². The summed E-state index contributed by atoms with van der Waals surface area (Å²) in [4.78, 5) is 18.5. The van der Waals surface area contributed by atoms with Gasteiger partial charge in [-0.3, -0.25) is 4.79 Å². The van der Waals surface area contributed by atoms with Crippen molar-refractivity contribution in [3.63, 3.8) is 0 Å². The van der Waals surface area contributed by atoms with Crippen LogP contribution in [0.1, 0.15) is 28.3 Å². The van der Waals surface area contributed by atoms with Gasteiger partial charge in [0.15, 0.2) is 5.82 Å². The Morgan fingerprint density at radius 2 is 2.17 bits per heavy atom. The molecule has 0 fully saturated rings. The minimum Gasteiger partial charge on any atom is -0.359 e. The Labute approximate surface area is 110 Å². The van der Waals surface area contributed by atoms with Crippen molar-refractivity contribution in [2.75, 3.05) is 5.32 Å². The first-order chi connectivity index (χ1) is 8.49. The van der Waals surface area contributed by atoms with Crippen LogP contribution in [0.5, 0.6) is 0 Å². The van der Waals surface area contributed by atoms with Gasteiger partial charge in [-0.25, -0.2) is 4.98 Å². The molecule has 96 valence electrons. The van der Waals surface area contributed by atoms with Gasteiger partial charge in [-0.05, 0) is 32.4 Å². The van der Waals surface area contributed by atoms with E-state index in [1.54, 1.807) is 30.8 Å². The molecule has 2 rings (SSSR count). The van der Waals surface area contributed by atoms with E-state index in [-0.39, 0.29) is 11.6 Å². The summed E-state index contributed by atoms with van der Waals surface area (Å²) in [5.74, 6) is 0.399. The summed E-state index contributed by atoms with van der Waals surface area (Å²) in [6.45, 7) is 6.23. The monoisotopic (exact) mass is 263 g/mol. The maximum atomic E-state index is 11.9. The number of hydrogen-bond donors (Lipinski definition) is 1. The quantitative estimate of drug-likeness (QED) is 0.926. The Morgan fingerprint density at radius 3 is 2.78 bits per heavy atom. The topological polar surface area (TPSA) is 46.9 Å². The van der Waals surface area contributed by atoms with Gasteiger partial charge in [-0.2, -0.15) is 0 Å². The van der Waals surface area contributed by atoms with Gasteiger partial charge in [0.1, 0.15) is 0 Å². The Kier molecular flexibility index (Phi) is 3.52. The molecule has 5 heteroatoms. The van der Waals surface area contributed by atoms with E-state index < -0.39 is 0 Å². The molecule has 2 heterocycles. The average molecular weight is 263 g/mol. The fourth-order valence-electron chi connectivity index (χ4n) is 1.96. The van der Waals surface area contributed by atoms with Crippen LogP contribution >= 0.6 is 11.3 Å². The number of rotatable bonds is 3. The number of thiophene rings is 1. The van der Waals surface area contributed by atoms with E-state index in [0.29, 0.717) is 5.82 Å². The van der Waals surface area contributed by atoms with Crippen molar-refractivity contribution in [3.05, 3.63) is 44.1 Å². The summed E-state index contributed by atoms with van der Waals surface area (Å²) >= 11 is 1.77. The van der Waals surface area contributed by atoms with E-state index in [1.165, 1.54) is 19.9 Å². The van der Waals surface area contributed by atoms with Crippen molar-refractivity contribution >= 4 is 17.2 Å². The zero-order chi connectivity index (χ0) is 13.3. The second-order valence-electron chi connectivity index (χ2n) is 4.43. The zero-order valence-corrected chi connectivity index (χ0v) is 11.8. The molecule has 1 unspecified atom stereocenters. The summed E-state index contributed by atoms with van der Waals surface area (Å²) in [6, 6.07) is 2.24. The average Bonchev–Trinajstić information content (AvgIpc) is 2.64. The Balaban J connectivity index is 2.27. The van der Waals surface area contributed by atoms with Crippen molar-refractivity contribution in [1.82, 2.24) is 9.55 Å². The lowest BCUT2D eigenvalue weighted by molar-refractivity contribution is 0.813. The SMILES string of the molecule is Cc1cc(C(C)Nc2nccn(C)c2=O)c(C)s1. The predicted octanol–water partition coefficient (Wildman–Crippen LogP) is 2.63. The van der Waals surface area contributed by atoms with Crippen LogP contribution in [-0.2, 0) is 7.05 Å². The molecule has 1 N–H and O–H groups in total. The molecule has 1 atom stereocenters. The predicted molar refractivity (Wildman–Crippen MR) is 75.3 cm³/mol.